The van der Waals surface area contributed by atoms with E-state index in [0.717, 1.165) is 10.6 Å². The first-order valence-electron chi connectivity index (χ1n) is 7.27. The van der Waals surface area contributed by atoms with Crippen LogP contribution >= 0.6 is 11.3 Å². The average molecular weight is 361 g/mol. The average Bonchev–Trinajstić information content (AvgIpc) is 3.09. The number of benzene rings is 1. The first kappa shape index (κ1) is 16.9. The monoisotopic (exact) mass is 361 g/mol. The number of rotatable bonds is 5. The van der Waals surface area contributed by atoms with Gasteiger partial charge in [0.15, 0.2) is 17.0 Å². The number of nitro benzene ring substituents is 1. The molecule has 0 atom stereocenters. The zero-order valence-electron chi connectivity index (χ0n) is 14.0. The number of nitro groups is 1. The molecule has 0 aliphatic carbocycles. The number of aromatic nitrogens is 2. The molecule has 8 nitrogen and oxygen atoms in total. The second-order valence-corrected chi connectivity index (χ2v) is 6.46. The minimum Gasteiger partial charge on any atom is -0.496 e. The lowest BCUT2D eigenvalue weighted by molar-refractivity contribution is -0.385. The van der Waals surface area contributed by atoms with Crippen LogP contribution < -0.4 is 9.47 Å². The molecule has 0 unspecified atom stereocenters. The molecular formula is C16H15N3O5S. The van der Waals surface area contributed by atoms with Gasteiger partial charge in [0.25, 0.3) is 0 Å². The van der Waals surface area contributed by atoms with Crippen LogP contribution in [0.2, 0.25) is 0 Å². The van der Waals surface area contributed by atoms with E-state index in [0.29, 0.717) is 11.2 Å². The minimum absolute atomic E-state index is 0.0712. The largest absolute Gasteiger partial charge is 0.496 e. The third-order valence-corrected chi connectivity index (χ3v) is 5.10. The van der Waals surface area contributed by atoms with Crippen LogP contribution in [0.5, 0.6) is 11.5 Å². The van der Waals surface area contributed by atoms with E-state index in [1.807, 2.05) is 13.8 Å². The van der Waals surface area contributed by atoms with Crippen molar-refractivity contribution in [3.8, 4) is 22.8 Å². The summed E-state index contributed by atoms with van der Waals surface area (Å²) in [5.41, 5.74) is 1.15. The number of carbonyl (C=O) groups is 1. The second kappa shape index (κ2) is 6.17. The second-order valence-electron chi connectivity index (χ2n) is 5.28. The van der Waals surface area contributed by atoms with Crippen LogP contribution in [-0.2, 0) is 0 Å². The minimum atomic E-state index is -0.559. The first-order chi connectivity index (χ1) is 11.9. The first-order valence-corrected chi connectivity index (χ1v) is 8.09. The molecule has 0 bridgehead atoms. The van der Waals surface area contributed by atoms with Gasteiger partial charge >= 0.3 is 5.69 Å². The van der Waals surface area contributed by atoms with Crippen LogP contribution in [0.15, 0.2) is 12.1 Å². The molecule has 2 aromatic heterocycles. The summed E-state index contributed by atoms with van der Waals surface area (Å²) in [4.78, 5) is 29.0. The number of hydrogen-bond donors (Lipinski definition) is 0. The summed E-state index contributed by atoms with van der Waals surface area (Å²) in [6.07, 6.45) is 0.650. The summed E-state index contributed by atoms with van der Waals surface area (Å²) >= 11 is 1.41. The number of ether oxygens (including phenoxy) is 2. The van der Waals surface area contributed by atoms with Crippen LogP contribution in [0.4, 0.5) is 5.69 Å². The van der Waals surface area contributed by atoms with Gasteiger partial charge in [-0.25, -0.2) is 4.98 Å². The van der Waals surface area contributed by atoms with E-state index in [9.17, 15) is 14.9 Å². The fraction of sp³-hybridized carbons (Fsp3) is 0.250. The normalized spacial score (nSPS) is 10.9. The van der Waals surface area contributed by atoms with Crippen molar-refractivity contribution >= 4 is 28.3 Å². The Kier molecular flexibility index (Phi) is 4.17. The van der Waals surface area contributed by atoms with Crippen molar-refractivity contribution < 1.29 is 19.2 Å². The number of fused-ring (bicyclic) bond motifs is 1. The van der Waals surface area contributed by atoms with E-state index in [4.69, 9.17) is 9.47 Å². The lowest BCUT2D eigenvalue weighted by Gasteiger charge is -2.11. The Morgan fingerprint density at radius 3 is 2.44 bits per heavy atom. The van der Waals surface area contributed by atoms with Crippen molar-refractivity contribution in [3.05, 3.63) is 38.5 Å². The number of methoxy groups -OCH3 is 2. The fourth-order valence-electron chi connectivity index (χ4n) is 2.76. The maximum Gasteiger partial charge on any atom is 0.324 e. The molecule has 9 heteroatoms. The van der Waals surface area contributed by atoms with Gasteiger partial charge in [-0.3, -0.25) is 19.3 Å². The smallest absolute Gasteiger partial charge is 0.324 e. The number of aldehydes is 1. The van der Waals surface area contributed by atoms with Crippen LogP contribution in [0, 0.1) is 24.0 Å². The number of hydrogen-bond acceptors (Lipinski definition) is 7. The Morgan fingerprint density at radius 2 is 1.88 bits per heavy atom. The lowest BCUT2D eigenvalue weighted by atomic mass is 10.1. The number of nitrogens with zero attached hydrogens (tertiary/aromatic N) is 3. The summed E-state index contributed by atoms with van der Waals surface area (Å²) in [6, 6.07) is 3.01. The van der Waals surface area contributed by atoms with Gasteiger partial charge in [0.2, 0.25) is 0 Å². The third kappa shape index (κ3) is 2.43. The molecule has 0 spiro atoms. The summed E-state index contributed by atoms with van der Waals surface area (Å²) < 4.78 is 12.1. The van der Waals surface area contributed by atoms with Crippen LogP contribution in [-0.4, -0.2) is 34.8 Å². The number of thiazole rings is 1. The van der Waals surface area contributed by atoms with Gasteiger partial charge in [-0.1, -0.05) is 0 Å². The van der Waals surface area contributed by atoms with E-state index >= 15 is 0 Å². The van der Waals surface area contributed by atoms with Gasteiger partial charge in [-0.05, 0) is 26.0 Å². The molecule has 0 saturated carbocycles. The van der Waals surface area contributed by atoms with Gasteiger partial charge in [0, 0.05) is 10.6 Å². The van der Waals surface area contributed by atoms with E-state index < -0.39 is 4.92 Å². The Labute approximate surface area is 146 Å². The molecule has 0 amide bonds. The summed E-state index contributed by atoms with van der Waals surface area (Å²) in [5, 5.41) is 11.7. The van der Waals surface area contributed by atoms with Gasteiger partial charge in [-0.2, -0.15) is 0 Å². The van der Waals surface area contributed by atoms with E-state index in [-0.39, 0.29) is 34.1 Å². The van der Waals surface area contributed by atoms with E-state index in [2.05, 4.69) is 4.98 Å². The van der Waals surface area contributed by atoms with Crippen LogP contribution in [0.25, 0.3) is 16.2 Å². The molecule has 1 aromatic carbocycles. The molecule has 0 aliphatic rings. The zero-order valence-corrected chi connectivity index (χ0v) is 14.8. The predicted molar refractivity (Wildman–Crippen MR) is 93.1 cm³/mol. The molecule has 0 saturated heterocycles. The highest BCUT2D eigenvalue weighted by Gasteiger charge is 2.31. The van der Waals surface area contributed by atoms with Gasteiger partial charge in [0.1, 0.15) is 22.7 Å². The maximum atomic E-state index is 11.8. The van der Waals surface area contributed by atoms with E-state index in [1.54, 1.807) is 10.5 Å². The van der Waals surface area contributed by atoms with Crippen molar-refractivity contribution in [2.75, 3.05) is 14.2 Å². The van der Waals surface area contributed by atoms with E-state index in [1.165, 1.54) is 31.6 Å². The summed E-state index contributed by atoms with van der Waals surface area (Å²) in [6.45, 7) is 3.80. The molecule has 0 N–H and O–H groups in total. The van der Waals surface area contributed by atoms with Gasteiger partial charge < -0.3 is 9.47 Å². The Bertz CT molecular complexity index is 1010. The molecule has 0 fully saturated rings. The highest BCUT2D eigenvalue weighted by Crippen LogP contribution is 2.45. The highest BCUT2D eigenvalue weighted by atomic mass is 32.1. The molecule has 2 heterocycles. The summed E-state index contributed by atoms with van der Waals surface area (Å²) in [5.74, 6) is 0.317. The number of carbonyl (C=O) groups excluding carboxylic acids is 1. The number of aryl methyl sites for hydroxylation is 2. The Hall–Kier alpha value is -2.94. The molecule has 0 radical (unpaired) electrons. The highest BCUT2D eigenvalue weighted by molar-refractivity contribution is 7.17. The molecule has 0 aliphatic heterocycles. The predicted octanol–water partition coefficient (Wildman–Crippen LogP) is 3.42. The Morgan fingerprint density at radius 1 is 1.24 bits per heavy atom. The van der Waals surface area contributed by atoms with Crippen molar-refractivity contribution in [1.82, 2.24) is 9.38 Å². The quantitative estimate of drug-likeness (QED) is 0.392. The fourth-order valence-corrected chi connectivity index (χ4v) is 3.74. The topological polar surface area (TPSA) is 96.0 Å². The molecule has 25 heavy (non-hydrogen) atoms. The Balaban J connectivity index is 2.46. The number of imidazole rings is 1. The van der Waals surface area contributed by atoms with Crippen molar-refractivity contribution in [3.63, 3.8) is 0 Å². The van der Waals surface area contributed by atoms with Crippen molar-refractivity contribution in [2.24, 2.45) is 0 Å². The van der Waals surface area contributed by atoms with Crippen LogP contribution in [0.3, 0.4) is 0 Å². The molecule has 3 rings (SSSR count). The standard InChI is InChI=1S/C16H15N3O5S/c1-8-9(2)25-16-17-14(10(7-20)18(8)16)13-11(23-3)5-6-12(24-4)15(13)19(21)22/h5-7H,1-4H3. The zero-order chi connectivity index (χ0) is 18.3. The SMILES string of the molecule is COc1ccc(OC)c([N+](=O)[O-])c1-c1nc2sc(C)c(C)n2c1C=O. The van der Waals surface area contributed by atoms with Gasteiger partial charge in [0.05, 0.1) is 19.1 Å². The van der Waals surface area contributed by atoms with Crippen molar-refractivity contribution in [1.29, 1.82) is 0 Å². The van der Waals surface area contributed by atoms with Gasteiger partial charge in [-0.15, -0.1) is 11.3 Å². The maximum absolute atomic E-state index is 11.8. The lowest BCUT2D eigenvalue weighted by Crippen LogP contribution is -2.01. The third-order valence-electron chi connectivity index (χ3n) is 4.05. The summed E-state index contributed by atoms with van der Waals surface area (Å²) in [7, 11) is 2.75. The van der Waals surface area contributed by atoms with Crippen molar-refractivity contribution in [2.45, 2.75) is 13.8 Å². The molecule has 130 valence electrons. The molecule has 3 aromatic rings. The molecular weight excluding hydrogens is 346 g/mol. The van der Waals surface area contributed by atoms with Crippen LogP contribution in [0.1, 0.15) is 21.1 Å².